The molecular weight excluding hydrogens is 478 g/mol. The Kier molecular flexibility index (Phi) is 4.79. The summed E-state index contributed by atoms with van der Waals surface area (Å²) in [7, 11) is 0. The fraction of sp³-hybridized carbons (Fsp3) is 0. The molecular formula is C35H21N3O. The lowest BCUT2D eigenvalue weighted by molar-refractivity contribution is 0.487. The number of ether oxygens (including phenoxy) is 1. The molecule has 4 nitrogen and oxygen atoms in total. The summed E-state index contributed by atoms with van der Waals surface area (Å²) in [5.41, 5.74) is 5.01. The molecule has 7 aromatic rings. The van der Waals surface area contributed by atoms with E-state index < -0.39 is 0 Å². The first-order chi connectivity index (χ1) is 19.3. The summed E-state index contributed by atoms with van der Waals surface area (Å²) in [6, 6.07) is 43.4. The Morgan fingerprint density at radius 3 is 1.85 bits per heavy atom. The largest absolute Gasteiger partial charge is 0.456 e. The smallest absolute Gasteiger partial charge is 0.164 e. The summed E-state index contributed by atoms with van der Waals surface area (Å²) in [6.45, 7) is 0. The summed E-state index contributed by atoms with van der Waals surface area (Å²) < 4.78 is 6.42. The number of aromatic nitrogens is 3. The average Bonchev–Trinajstić information content (AvgIpc) is 3.01. The normalized spacial score (nSPS) is 11.8. The van der Waals surface area contributed by atoms with Gasteiger partial charge in [-0.25, -0.2) is 15.0 Å². The standard InChI is InChI=1S/C35H21N3O/c1-2-9-24(10-3-1)33-36-34(26-17-16-22-8-4-5-11-25(22)20-26)38-35(37-33)27-18-19-28-29-14-6-12-23-13-7-15-30(32(23)29)39-31(28)21-27/h1-21H. The van der Waals surface area contributed by atoms with Gasteiger partial charge in [-0.3, -0.25) is 0 Å². The van der Waals surface area contributed by atoms with E-state index in [0.717, 1.165) is 44.5 Å². The van der Waals surface area contributed by atoms with Gasteiger partial charge < -0.3 is 4.74 Å². The van der Waals surface area contributed by atoms with Crippen molar-refractivity contribution in [1.29, 1.82) is 0 Å². The molecule has 4 heteroatoms. The van der Waals surface area contributed by atoms with Crippen molar-refractivity contribution < 1.29 is 4.74 Å². The lowest BCUT2D eigenvalue weighted by atomic mass is 9.94. The quantitative estimate of drug-likeness (QED) is 0.243. The van der Waals surface area contributed by atoms with Gasteiger partial charge in [-0.05, 0) is 46.0 Å². The van der Waals surface area contributed by atoms with Crippen molar-refractivity contribution in [2.75, 3.05) is 0 Å². The molecule has 6 aromatic carbocycles. The third kappa shape index (κ3) is 3.65. The van der Waals surface area contributed by atoms with Crippen LogP contribution in [0, 0.1) is 0 Å². The van der Waals surface area contributed by atoms with Crippen LogP contribution >= 0.6 is 0 Å². The van der Waals surface area contributed by atoms with E-state index in [0.29, 0.717) is 17.5 Å². The molecule has 0 fully saturated rings. The number of benzene rings is 6. The second-order valence-corrected chi connectivity index (χ2v) is 9.71. The van der Waals surface area contributed by atoms with Crippen LogP contribution in [0.2, 0.25) is 0 Å². The fourth-order valence-corrected chi connectivity index (χ4v) is 5.38. The number of hydrogen-bond acceptors (Lipinski definition) is 4. The van der Waals surface area contributed by atoms with Crippen LogP contribution in [0.1, 0.15) is 0 Å². The number of rotatable bonds is 3. The van der Waals surface area contributed by atoms with Crippen LogP contribution in [0.5, 0.6) is 11.5 Å². The van der Waals surface area contributed by atoms with Gasteiger partial charge in [0, 0.05) is 27.6 Å². The Hall–Kier alpha value is -5.35. The van der Waals surface area contributed by atoms with Crippen molar-refractivity contribution in [1.82, 2.24) is 15.0 Å². The molecule has 0 saturated carbocycles. The van der Waals surface area contributed by atoms with Crippen LogP contribution in [0.4, 0.5) is 0 Å². The molecule has 0 spiro atoms. The van der Waals surface area contributed by atoms with Crippen molar-refractivity contribution in [2.45, 2.75) is 0 Å². The summed E-state index contributed by atoms with van der Waals surface area (Å²) in [4.78, 5) is 14.8. The van der Waals surface area contributed by atoms with Gasteiger partial charge in [0.2, 0.25) is 0 Å². The van der Waals surface area contributed by atoms with Gasteiger partial charge in [0.05, 0.1) is 0 Å². The van der Waals surface area contributed by atoms with Crippen LogP contribution < -0.4 is 4.74 Å². The van der Waals surface area contributed by atoms with Crippen LogP contribution in [-0.2, 0) is 0 Å². The number of hydrogen-bond donors (Lipinski definition) is 0. The highest BCUT2D eigenvalue weighted by atomic mass is 16.5. The van der Waals surface area contributed by atoms with E-state index in [-0.39, 0.29) is 0 Å². The second kappa shape index (κ2) is 8.61. The van der Waals surface area contributed by atoms with E-state index in [1.807, 2.05) is 60.7 Å². The van der Waals surface area contributed by atoms with Crippen LogP contribution in [0.3, 0.4) is 0 Å². The minimum absolute atomic E-state index is 0.607. The van der Waals surface area contributed by atoms with Gasteiger partial charge in [-0.1, -0.05) is 103 Å². The highest BCUT2D eigenvalue weighted by Crippen LogP contribution is 2.47. The molecule has 182 valence electrons. The zero-order chi connectivity index (χ0) is 25.8. The zero-order valence-electron chi connectivity index (χ0n) is 20.9. The van der Waals surface area contributed by atoms with Gasteiger partial charge in [0.25, 0.3) is 0 Å². The first-order valence-electron chi connectivity index (χ1n) is 13.0. The minimum atomic E-state index is 0.607. The SMILES string of the molecule is c1ccc(-c2nc(-c3ccc4c(c3)Oc3cccc5cccc-4c35)nc(-c3ccc4ccccc4c3)n2)cc1. The zero-order valence-corrected chi connectivity index (χ0v) is 20.9. The van der Waals surface area contributed by atoms with E-state index in [1.54, 1.807) is 0 Å². The molecule has 2 heterocycles. The first kappa shape index (κ1) is 21.7. The van der Waals surface area contributed by atoms with Crippen molar-refractivity contribution >= 4 is 21.5 Å². The van der Waals surface area contributed by atoms with E-state index in [1.165, 1.54) is 16.3 Å². The molecule has 0 radical (unpaired) electrons. The second-order valence-electron chi connectivity index (χ2n) is 9.71. The Balaban J connectivity index is 1.30. The molecule has 0 unspecified atom stereocenters. The van der Waals surface area contributed by atoms with Gasteiger partial charge in [0.15, 0.2) is 17.5 Å². The predicted molar refractivity (Wildman–Crippen MR) is 157 cm³/mol. The Labute approximate surface area is 225 Å². The van der Waals surface area contributed by atoms with Gasteiger partial charge in [0.1, 0.15) is 11.5 Å². The summed E-state index contributed by atoms with van der Waals surface area (Å²) in [5, 5.41) is 4.64. The molecule has 39 heavy (non-hydrogen) atoms. The molecule has 0 atom stereocenters. The topological polar surface area (TPSA) is 47.9 Å². The van der Waals surface area contributed by atoms with Crippen molar-refractivity contribution in [2.24, 2.45) is 0 Å². The highest BCUT2D eigenvalue weighted by Gasteiger charge is 2.21. The predicted octanol–water partition coefficient (Wildman–Crippen LogP) is 8.95. The maximum atomic E-state index is 6.42. The Bertz CT molecular complexity index is 2040. The third-order valence-electron chi connectivity index (χ3n) is 7.29. The Morgan fingerprint density at radius 1 is 0.385 bits per heavy atom. The van der Waals surface area contributed by atoms with Crippen molar-refractivity contribution in [3.63, 3.8) is 0 Å². The fourth-order valence-electron chi connectivity index (χ4n) is 5.38. The van der Waals surface area contributed by atoms with Gasteiger partial charge in [-0.15, -0.1) is 0 Å². The molecule has 0 aliphatic carbocycles. The lowest BCUT2D eigenvalue weighted by Gasteiger charge is -2.21. The third-order valence-corrected chi connectivity index (χ3v) is 7.29. The van der Waals surface area contributed by atoms with E-state index in [4.69, 9.17) is 19.7 Å². The molecule has 1 aliphatic heterocycles. The maximum Gasteiger partial charge on any atom is 0.164 e. The van der Waals surface area contributed by atoms with Gasteiger partial charge >= 0.3 is 0 Å². The molecule has 8 rings (SSSR count). The summed E-state index contributed by atoms with van der Waals surface area (Å²) in [5.74, 6) is 3.55. The van der Waals surface area contributed by atoms with Crippen LogP contribution in [0.15, 0.2) is 127 Å². The average molecular weight is 500 g/mol. The molecule has 1 aliphatic rings. The van der Waals surface area contributed by atoms with E-state index in [9.17, 15) is 0 Å². The monoisotopic (exact) mass is 499 g/mol. The Morgan fingerprint density at radius 2 is 1.03 bits per heavy atom. The minimum Gasteiger partial charge on any atom is -0.456 e. The van der Waals surface area contributed by atoms with E-state index >= 15 is 0 Å². The van der Waals surface area contributed by atoms with Crippen LogP contribution in [0.25, 0.3) is 66.8 Å². The van der Waals surface area contributed by atoms with Crippen LogP contribution in [-0.4, -0.2) is 15.0 Å². The maximum absolute atomic E-state index is 6.42. The van der Waals surface area contributed by atoms with E-state index in [2.05, 4.69) is 66.7 Å². The molecule has 0 N–H and O–H groups in total. The lowest BCUT2D eigenvalue weighted by Crippen LogP contribution is -2.01. The highest BCUT2D eigenvalue weighted by molar-refractivity contribution is 6.04. The number of nitrogens with zero attached hydrogens (tertiary/aromatic N) is 3. The molecule has 0 amide bonds. The van der Waals surface area contributed by atoms with Crippen molar-refractivity contribution in [3.8, 4) is 56.8 Å². The first-order valence-corrected chi connectivity index (χ1v) is 13.0. The summed E-state index contributed by atoms with van der Waals surface area (Å²) >= 11 is 0. The molecule has 0 saturated heterocycles. The van der Waals surface area contributed by atoms with Gasteiger partial charge in [-0.2, -0.15) is 0 Å². The molecule has 0 bridgehead atoms. The van der Waals surface area contributed by atoms with Crippen molar-refractivity contribution in [3.05, 3.63) is 127 Å². The molecule has 1 aromatic heterocycles. The summed E-state index contributed by atoms with van der Waals surface area (Å²) in [6.07, 6.45) is 0. The number of fused-ring (bicyclic) bond motifs is 3.